The molecule has 0 fully saturated rings. The zero-order valence-corrected chi connectivity index (χ0v) is 15.9. The van der Waals surface area contributed by atoms with Crippen molar-refractivity contribution in [3.8, 4) is 0 Å². The van der Waals surface area contributed by atoms with Gasteiger partial charge in [-0.05, 0) is 13.8 Å². The lowest BCUT2D eigenvalue weighted by Gasteiger charge is -2.09. The van der Waals surface area contributed by atoms with Crippen molar-refractivity contribution in [3.05, 3.63) is 12.7 Å². The molecule has 0 aliphatic heterocycles. The predicted octanol–water partition coefficient (Wildman–Crippen LogP) is 1.70. The van der Waals surface area contributed by atoms with Crippen LogP contribution in [0.5, 0.6) is 0 Å². The molecule has 0 aromatic carbocycles. The van der Waals surface area contributed by atoms with Crippen LogP contribution in [0.4, 0.5) is 0 Å². The van der Waals surface area contributed by atoms with E-state index in [2.05, 4.69) is 6.58 Å². The van der Waals surface area contributed by atoms with Gasteiger partial charge in [-0.2, -0.15) is 0 Å². The molecule has 0 heterocycles. The fourth-order valence-electron chi connectivity index (χ4n) is 1.61. The smallest absolute Gasteiger partial charge is 0.0704 e. The molecule has 0 aliphatic rings. The molecule has 0 rings (SSSR count). The molecule has 25 heavy (non-hydrogen) atoms. The van der Waals surface area contributed by atoms with Gasteiger partial charge in [0.1, 0.15) is 0 Å². The van der Waals surface area contributed by atoms with Gasteiger partial charge in [0.25, 0.3) is 0 Å². The molecule has 0 bridgehead atoms. The minimum Gasteiger partial charge on any atom is -0.377 e. The summed E-state index contributed by atoms with van der Waals surface area (Å²) in [7, 11) is 0. The minimum atomic E-state index is 0.246. The van der Waals surface area contributed by atoms with Crippen molar-refractivity contribution < 1.29 is 33.2 Å². The Balaban J connectivity index is 2.97. The van der Waals surface area contributed by atoms with Crippen LogP contribution in [0.1, 0.15) is 13.8 Å². The standard InChI is InChI=1S/C18H36O7/c1-4-5-19-6-7-20-8-9-21-10-11-22-12-13-23-14-15-24-16-17-25-18(2)3/h4,18H,1,5-17H2,2-3H3. The zero-order valence-electron chi connectivity index (χ0n) is 15.9. The first-order chi connectivity index (χ1) is 12.3. The largest absolute Gasteiger partial charge is 0.377 e. The highest BCUT2D eigenvalue weighted by molar-refractivity contribution is 4.63. The van der Waals surface area contributed by atoms with Gasteiger partial charge < -0.3 is 33.2 Å². The van der Waals surface area contributed by atoms with Gasteiger partial charge in [-0.15, -0.1) is 6.58 Å². The van der Waals surface area contributed by atoms with Gasteiger partial charge in [-0.1, -0.05) is 6.08 Å². The Hall–Kier alpha value is -0.540. The lowest BCUT2D eigenvalue weighted by molar-refractivity contribution is -0.0232. The first-order valence-corrected chi connectivity index (χ1v) is 8.96. The van der Waals surface area contributed by atoms with Gasteiger partial charge in [-0.3, -0.25) is 0 Å². The van der Waals surface area contributed by atoms with Gasteiger partial charge in [0.05, 0.1) is 92.0 Å². The van der Waals surface area contributed by atoms with Crippen LogP contribution in [-0.4, -0.2) is 92.0 Å². The van der Waals surface area contributed by atoms with Crippen molar-refractivity contribution in [2.45, 2.75) is 20.0 Å². The molecule has 0 amide bonds. The minimum absolute atomic E-state index is 0.246. The second kappa shape index (κ2) is 21.5. The summed E-state index contributed by atoms with van der Waals surface area (Å²) in [6.07, 6.45) is 1.96. The van der Waals surface area contributed by atoms with Gasteiger partial charge in [-0.25, -0.2) is 0 Å². The highest BCUT2D eigenvalue weighted by Gasteiger charge is 1.95. The van der Waals surface area contributed by atoms with Crippen molar-refractivity contribution in [2.75, 3.05) is 85.9 Å². The summed E-state index contributed by atoms with van der Waals surface area (Å²) in [5.74, 6) is 0. The zero-order chi connectivity index (χ0) is 18.4. The van der Waals surface area contributed by atoms with E-state index in [9.17, 15) is 0 Å². The molecular weight excluding hydrogens is 328 g/mol. The van der Waals surface area contributed by atoms with Gasteiger partial charge >= 0.3 is 0 Å². The van der Waals surface area contributed by atoms with Gasteiger partial charge in [0.15, 0.2) is 0 Å². The van der Waals surface area contributed by atoms with Crippen LogP contribution in [0, 0.1) is 0 Å². The summed E-state index contributed by atoms with van der Waals surface area (Å²) >= 11 is 0. The van der Waals surface area contributed by atoms with Crippen molar-refractivity contribution in [1.82, 2.24) is 0 Å². The molecule has 0 radical (unpaired) electrons. The van der Waals surface area contributed by atoms with Crippen LogP contribution in [-0.2, 0) is 33.2 Å². The maximum Gasteiger partial charge on any atom is 0.0704 e. The van der Waals surface area contributed by atoms with Crippen LogP contribution in [0.15, 0.2) is 12.7 Å². The molecule has 7 heteroatoms. The SMILES string of the molecule is C=CCOCCOCCOCCOCCOCCOCCOC(C)C. The lowest BCUT2D eigenvalue weighted by Crippen LogP contribution is -2.15. The van der Waals surface area contributed by atoms with Crippen molar-refractivity contribution in [1.29, 1.82) is 0 Å². The molecule has 0 N–H and O–H groups in total. The van der Waals surface area contributed by atoms with Crippen LogP contribution in [0.25, 0.3) is 0 Å². The van der Waals surface area contributed by atoms with E-state index in [4.69, 9.17) is 33.2 Å². The lowest BCUT2D eigenvalue weighted by atomic mass is 10.5. The monoisotopic (exact) mass is 364 g/mol. The molecule has 0 aromatic rings. The van der Waals surface area contributed by atoms with Gasteiger partial charge in [0, 0.05) is 0 Å². The molecule has 0 spiro atoms. The van der Waals surface area contributed by atoms with E-state index >= 15 is 0 Å². The molecule has 7 nitrogen and oxygen atoms in total. The Bertz CT molecular complexity index is 262. The maximum atomic E-state index is 5.40. The Morgan fingerprint density at radius 1 is 0.560 bits per heavy atom. The van der Waals surface area contributed by atoms with E-state index in [0.29, 0.717) is 85.9 Å². The van der Waals surface area contributed by atoms with E-state index < -0.39 is 0 Å². The summed E-state index contributed by atoms with van der Waals surface area (Å²) in [6.45, 7) is 15.0. The molecule has 0 aliphatic carbocycles. The average molecular weight is 364 g/mol. The second-order valence-corrected chi connectivity index (χ2v) is 5.34. The highest BCUT2D eigenvalue weighted by Crippen LogP contribution is 1.88. The normalized spacial score (nSPS) is 11.3. The van der Waals surface area contributed by atoms with Crippen molar-refractivity contribution >= 4 is 0 Å². The summed E-state index contributed by atoms with van der Waals surface area (Å²) in [5.41, 5.74) is 0. The summed E-state index contributed by atoms with van der Waals surface area (Å²) in [6, 6.07) is 0. The third kappa shape index (κ3) is 23.5. The fraction of sp³-hybridized carbons (Fsp3) is 0.889. The number of ether oxygens (including phenoxy) is 7. The first kappa shape index (κ1) is 24.5. The Morgan fingerprint density at radius 2 is 0.880 bits per heavy atom. The quantitative estimate of drug-likeness (QED) is 0.227. The Morgan fingerprint density at radius 3 is 1.20 bits per heavy atom. The van der Waals surface area contributed by atoms with E-state index in [1.807, 2.05) is 13.8 Å². The molecule has 0 saturated heterocycles. The molecule has 0 aromatic heterocycles. The number of hydrogen-bond donors (Lipinski definition) is 0. The molecule has 150 valence electrons. The molecule has 0 saturated carbocycles. The van der Waals surface area contributed by atoms with E-state index in [-0.39, 0.29) is 6.10 Å². The van der Waals surface area contributed by atoms with Crippen molar-refractivity contribution in [2.24, 2.45) is 0 Å². The van der Waals surface area contributed by atoms with Gasteiger partial charge in [0.2, 0.25) is 0 Å². The van der Waals surface area contributed by atoms with Crippen LogP contribution in [0.3, 0.4) is 0 Å². The first-order valence-electron chi connectivity index (χ1n) is 8.96. The number of rotatable bonds is 21. The summed E-state index contributed by atoms with van der Waals surface area (Å²) in [4.78, 5) is 0. The topological polar surface area (TPSA) is 64.6 Å². The predicted molar refractivity (Wildman–Crippen MR) is 96.2 cm³/mol. The third-order valence-electron chi connectivity index (χ3n) is 2.77. The summed E-state index contributed by atoms with van der Waals surface area (Å²) in [5, 5.41) is 0. The van der Waals surface area contributed by atoms with E-state index in [1.54, 1.807) is 6.08 Å². The van der Waals surface area contributed by atoms with Crippen molar-refractivity contribution in [3.63, 3.8) is 0 Å². The van der Waals surface area contributed by atoms with E-state index in [1.165, 1.54) is 0 Å². The molecule has 0 atom stereocenters. The Kier molecular flexibility index (Phi) is 21.0. The maximum absolute atomic E-state index is 5.40. The van der Waals surface area contributed by atoms with E-state index in [0.717, 1.165) is 0 Å². The highest BCUT2D eigenvalue weighted by atomic mass is 16.6. The van der Waals surface area contributed by atoms with Crippen LogP contribution < -0.4 is 0 Å². The second-order valence-electron chi connectivity index (χ2n) is 5.34. The molecule has 0 unspecified atom stereocenters. The Labute approximate surface area is 152 Å². The fourth-order valence-corrected chi connectivity index (χ4v) is 1.61. The third-order valence-corrected chi connectivity index (χ3v) is 2.77. The summed E-state index contributed by atoms with van der Waals surface area (Å²) < 4.78 is 37.4. The average Bonchev–Trinajstić information content (AvgIpc) is 2.60. The van der Waals surface area contributed by atoms with Crippen LogP contribution in [0.2, 0.25) is 0 Å². The van der Waals surface area contributed by atoms with Crippen LogP contribution >= 0.6 is 0 Å². The molecular formula is C18H36O7. The number of hydrogen-bond acceptors (Lipinski definition) is 7.